The van der Waals surface area contributed by atoms with Crippen LogP contribution in [0.15, 0.2) is 69.7 Å². The lowest BCUT2D eigenvalue weighted by atomic mass is 10.2. The van der Waals surface area contributed by atoms with E-state index >= 15 is 0 Å². The molecule has 0 saturated carbocycles. The summed E-state index contributed by atoms with van der Waals surface area (Å²) in [7, 11) is 0. The number of hydrogen-bond donors (Lipinski definition) is 0. The molecule has 156 valence electrons. The topological polar surface area (TPSA) is 68.7 Å². The number of amides is 1. The van der Waals surface area contributed by atoms with Gasteiger partial charge in [-0.15, -0.1) is 0 Å². The summed E-state index contributed by atoms with van der Waals surface area (Å²) in [6.07, 6.45) is 1.58. The first-order chi connectivity index (χ1) is 15.1. The number of thiazole rings is 1. The number of halogens is 1. The van der Waals surface area contributed by atoms with Crippen LogP contribution in [0.4, 0.5) is 5.13 Å². The van der Waals surface area contributed by atoms with Crippen LogP contribution in [0.1, 0.15) is 23.2 Å². The van der Waals surface area contributed by atoms with Crippen LogP contribution in [-0.2, 0) is 6.54 Å². The van der Waals surface area contributed by atoms with E-state index in [1.165, 1.54) is 11.3 Å². The summed E-state index contributed by atoms with van der Waals surface area (Å²) >= 11 is 7.51. The van der Waals surface area contributed by atoms with Gasteiger partial charge in [-0.2, -0.15) is 0 Å². The second kappa shape index (κ2) is 8.09. The van der Waals surface area contributed by atoms with Crippen LogP contribution in [0, 0.1) is 0 Å². The molecule has 0 saturated heterocycles. The molecule has 0 fully saturated rings. The number of nitrogens with zero attached hydrogens (tertiary/aromatic N) is 2. The first-order valence-electron chi connectivity index (χ1n) is 9.68. The van der Waals surface area contributed by atoms with Crippen LogP contribution in [0.25, 0.3) is 21.2 Å². The number of furan rings is 2. The summed E-state index contributed by atoms with van der Waals surface area (Å²) in [5.41, 5.74) is 1.31. The molecule has 6 nitrogen and oxygen atoms in total. The molecule has 0 aliphatic carbocycles. The van der Waals surface area contributed by atoms with Crippen molar-refractivity contribution in [3.63, 3.8) is 0 Å². The minimum absolute atomic E-state index is 0.200. The molecule has 0 bridgehead atoms. The number of carbonyl (C=O) groups is 1. The maximum atomic E-state index is 13.5. The lowest BCUT2D eigenvalue weighted by molar-refractivity contribution is 0.0958. The molecule has 8 heteroatoms. The maximum absolute atomic E-state index is 13.5. The number of para-hydroxylation sites is 1. The number of fused-ring (bicyclic) bond motifs is 2. The lowest BCUT2D eigenvalue weighted by Gasteiger charge is -2.17. The Morgan fingerprint density at radius 3 is 2.90 bits per heavy atom. The Morgan fingerprint density at radius 1 is 1.19 bits per heavy atom. The van der Waals surface area contributed by atoms with Gasteiger partial charge in [0.05, 0.1) is 29.6 Å². The van der Waals surface area contributed by atoms with Crippen molar-refractivity contribution in [2.24, 2.45) is 0 Å². The number of ether oxygens (including phenoxy) is 1. The molecule has 2 aromatic carbocycles. The molecule has 0 aliphatic rings. The standard InChI is InChI=1S/C23H17ClN2O4S/c1-2-28-18-7-3-5-14-11-19(30-21(14)18)22(27)26(13-16-6-4-10-29-16)23-25-17-9-8-15(24)12-20(17)31-23/h3-12H,2,13H2,1H3. The molecule has 5 aromatic rings. The summed E-state index contributed by atoms with van der Waals surface area (Å²) in [5, 5.41) is 1.94. The minimum atomic E-state index is -0.319. The molecule has 0 spiro atoms. The van der Waals surface area contributed by atoms with Crippen molar-refractivity contribution in [3.8, 4) is 5.75 Å². The van der Waals surface area contributed by atoms with Gasteiger partial charge in [-0.3, -0.25) is 9.69 Å². The summed E-state index contributed by atoms with van der Waals surface area (Å²) in [6.45, 7) is 2.62. The van der Waals surface area contributed by atoms with E-state index in [4.69, 9.17) is 25.2 Å². The summed E-state index contributed by atoms with van der Waals surface area (Å²) < 4.78 is 18.0. The molecule has 3 heterocycles. The highest BCUT2D eigenvalue weighted by Crippen LogP contribution is 2.34. The van der Waals surface area contributed by atoms with Gasteiger partial charge in [0.2, 0.25) is 0 Å². The van der Waals surface area contributed by atoms with Crippen LogP contribution in [-0.4, -0.2) is 17.5 Å². The molecular formula is C23H17ClN2O4S. The second-order valence-corrected chi connectivity index (χ2v) is 8.24. The number of carbonyl (C=O) groups excluding carboxylic acids is 1. The van der Waals surface area contributed by atoms with E-state index in [1.807, 2.05) is 43.3 Å². The van der Waals surface area contributed by atoms with Crippen LogP contribution in [0.3, 0.4) is 0 Å². The normalized spacial score (nSPS) is 11.3. The monoisotopic (exact) mass is 452 g/mol. The van der Waals surface area contributed by atoms with Gasteiger partial charge in [0.15, 0.2) is 22.2 Å². The van der Waals surface area contributed by atoms with Gasteiger partial charge in [-0.1, -0.05) is 35.1 Å². The first kappa shape index (κ1) is 19.7. The zero-order chi connectivity index (χ0) is 21.4. The number of anilines is 1. The van der Waals surface area contributed by atoms with Gasteiger partial charge in [0, 0.05) is 10.4 Å². The van der Waals surface area contributed by atoms with Crippen molar-refractivity contribution < 1.29 is 18.4 Å². The van der Waals surface area contributed by atoms with Crippen molar-refractivity contribution >= 4 is 55.2 Å². The highest BCUT2D eigenvalue weighted by Gasteiger charge is 2.26. The minimum Gasteiger partial charge on any atom is -0.490 e. The van der Waals surface area contributed by atoms with Crippen molar-refractivity contribution in [2.45, 2.75) is 13.5 Å². The molecule has 0 N–H and O–H groups in total. The Labute approximate surface area is 186 Å². The Bertz CT molecular complexity index is 1370. The first-order valence-corrected chi connectivity index (χ1v) is 10.9. The van der Waals surface area contributed by atoms with Crippen LogP contribution in [0.2, 0.25) is 5.02 Å². The number of aromatic nitrogens is 1. The second-order valence-electron chi connectivity index (χ2n) is 6.80. The molecule has 0 radical (unpaired) electrons. The van der Waals surface area contributed by atoms with Crippen molar-refractivity contribution in [2.75, 3.05) is 11.5 Å². The van der Waals surface area contributed by atoms with Gasteiger partial charge in [-0.25, -0.2) is 4.98 Å². The van der Waals surface area contributed by atoms with E-state index in [9.17, 15) is 4.79 Å². The zero-order valence-corrected chi connectivity index (χ0v) is 18.1. The third kappa shape index (κ3) is 3.78. The number of rotatable bonds is 6. The third-order valence-electron chi connectivity index (χ3n) is 4.73. The average Bonchev–Trinajstić information content (AvgIpc) is 3.50. The Hall–Kier alpha value is -3.29. The predicted molar refractivity (Wildman–Crippen MR) is 121 cm³/mol. The van der Waals surface area contributed by atoms with Crippen molar-refractivity contribution in [3.05, 3.63) is 77.4 Å². The van der Waals surface area contributed by atoms with E-state index in [0.29, 0.717) is 33.9 Å². The Morgan fingerprint density at radius 2 is 2.10 bits per heavy atom. The van der Waals surface area contributed by atoms with Crippen molar-refractivity contribution in [1.29, 1.82) is 0 Å². The number of hydrogen-bond acceptors (Lipinski definition) is 6. The van der Waals surface area contributed by atoms with E-state index in [0.717, 1.165) is 15.6 Å². The van der Waals surface area contributed by atoms with Gasteiger partial charge in [0.1, 0.15) is 5.76 Å². The predicted octanol–water partition coefficient (Wildman–Crippen LogP) is 6.53. The highest BCUT2D eigenvalue weighted by molar-refractivity contribution is 7.22. The molecule has 31 heavy (non-hydrogen) atoms. The largest absolute Gasteiger partial charge is 0.490 e. The quantitative estimate of drug-likeness (QED) is 0.293. The summed E-state index contributed by atoms with van der Waals surface area (Å²) in [6, 6.07) is 16.3. The van der Waals surface area contributed by atoms with E-state index < -0.39 is 0 Å². The number of benzene rings is 2. The van der Waals surface area contributed by atoms with E-state index in [-0.39, 0.29) is 18.2 Å². The van der Waals surface area contributed by atoms with Crippen molar-refractivity contribution in [1.82, 2.24) is 4.98 Å². The molecule has 5 rings (SSSR count). The molecule has 0 atom stereocenters. The Kier molecular flexibility index (Phi) is 5.13. The van der Waals surface area contributed by atoms with Crippen LogP contribution >= 0.6 is 22.9 Å². The van der Waals surface area contributed by atoms with E-state index in [1.54, 1.807) is 29.4 Å². The summed E-state index contributed by atoms with van der Waals surface area (Å²) in [4.78, 5) is 19.7. The smallest absolute Gasteiger partial charge is 0.296 e. The SMILES string of the molecule is CCOc1cccc2cc(C(=O)N(Cc3ccco3)c3nc4ccc(Cl)cc4s3)oc12. The molecule has 0 aliphatic heterocycles. The fourth-order valence-corrected chi connectivity index (χ4v) is 4.57. The highest BCUT2D eigenvalue weighted by atomic mass is 35.5. The lowest BCUT2D eigenvalue weighted by Crippen LogP contribution is -2.29. The third-order valence-corrected chi connectivity index (χ3v) is 6.00. The van der Waals surface area contributed by atoms with Crippen LogP contribution in [0.5, 0.6) is 5.75 Å². The van der Waals surface area contributed by atoms with E-state index in [2.05, 4.69) is 4.98 Å². The maximum Gasteiger partial charge on any atom is 0.296 e. The van der Waals surface area contributed by atoms with Gasteiger partial charge in [-0.05, 0) is 49.4 Å². The zero-order valence-electron chi connectivity index (χ0n) is 16.5. The average molecular weight is 453 g/mol. The Balaban J connectivity index is 1.58. The van der Waals surface area contributed by atoms with Gasteiger partial charge in [0.25, 0.3) is 5.91 Å². The molecule has 0 unspecified atom stereocenters. The summed E-state index contributed by atoms with van der Waals surface area (Å²) in [5.74, 6) is 1.12. The fourth-order valence-electron chi connectivity index (χ4n) is 3.33. The van der Waals surface area contributed by atoms with Gasteiger partial charge < -0.3 is 13.6 Å². The molecule has 3 aromatic heterocycles. The fraction of sp³-hybridized carbons (Fsp3) is 0.130. The molecule has 1 amide bonds. The van der Waals surface area contributed by atoms with Gasteiger partial charge >= 0.3 is 0 Å². The molecular weight excluding hydrogens is 436 g/mol. The van der Waals surface area contributed by atoms with Crippen LogP contribution < -0.4 is 9.64 Å².